The highest BCUT2D eigenvalue weighted by Gasteiger charge is 2.35. The van der Waals surface area contributed by atoms with Gasteiger partial charge in [-0.3, -0.25) is 0 Å². The average molecular weight is 206 g/mol. The molecule has 2 aliphatic carbocycles. The van der Waals surface area contributed by atoms with Gasteiger partial charge in [-0.15, -0.1) is 0 Å². The molecule has 0 aromatic heterocycles. The predicted octanol–water partition coefficient (Wildman–Crippen LogP) is 4.81. The zero-order valence-electron chi connectivity index (χ0n) is 10.8. The standard InChI is InChI=1S/C15H26/c1-10(2)13-8-6-12(4)14-7-5-11(3)9-15(13)14/h10-11,13,15H,5-9H2,1-4H3. The second-order valence-corrected chi connectivity index (χ2v) is 6.24. The summed E-state index contributed by atoms with van der Waals surface area (Å²) >= 11 is 0. The van der Waals surface area contributed by atoms with Gasteiger partial charge in [0.1, 0.15) is 0 Å². The van der Waals surface area contributed by atoms with Crippen LogP contribution in [0.5, 0.6) is 0 Å². The van der Waals surface area contributed by atoms with Crippen molar-refractivity contribution >= 4 is 0 Å². The topological polar surface area (TPSA) is 0 Å². The molecule has 2 aliphatic rings. The Bertz CT molecular complexity index is 259. The van der Waals surface area contributed by atoms with Gasteiger partial charge in [-0.1, -0.05) is 31.9 Å². The summed E-state index contributed by atoms with van der Waals surface area (Å²) < 4.78 is 0. The van der Waals surface area contributed by atoms with Crippen LogP contribution >= 0.6 is 0 Å². The first kappa shape index (κ1) is 11.2. The number of allylic oxidation sites excluding steroid dienone is 2. The zero-order chi connectivity index (χ0) is 11.0. The van der Waals surface area contributed by atoms with Crippen molar-refractivity contribution in [1.82, 2.24) is 0 Å². The Kier molecular flexibility index (Phi) is 3.23. The molecule has 0 heteroatoms. The minimum atomic E-state index is 0.878. The second kappa shape index (κ2) is 4.31. The lowest BCUT2D eigenvalue weighted by Crippen LogP contribution is -2.31. The van der Waals surface area contributed by atoms with E-state index in [1.54, 1.807) is 5.57 Å². The summed E-state index contributed by atoms with van der Waals surface area (Å²) in [6.07, 6.45) is 7.14. The van der Waals surface area contributed by atoms with Gasteiger partial charge in [0.2, 0.25) is 0 Å². The molecule has 1 saturated carbocycles. The molecule has 15 heavy (non-hydrogen) atoms. The smallest absolute Gasteiger partial charge is 0.0167 e. The molecular weight excluding hydrogens is 180 g/mol. The fourth-order valence-corrected chi connectivity index (χ4v) is 3.79. The minimum Gasteiger partial charge on any atom is -0.0738 e. The van der Waals surface area contributed by atoms with Crippen LogP contribution < -0.4 is 0 Å². The normalized spacial score (nSPS) is 37.0. The molecule has 0 heterocycles. The van der Waals surface area contributed by atoms with E-state index in [9.17, 15) is 0 Å². The summed E-state index contributed by atoms with van der Waals surface area (Å²) in [5.41, 5.74) is 3.60. The molecule has 0 radical (unpaired) electrons. The summed E-state index contributed by atoms with van der Waals surface area (Å²) in [4.78, 5) is 0. The Morgan fingerprint density at radius 1 is 1.13 bits per heavy atom. The molecule has 0 aromatic rings. The monoisotopic (exact) mass is 206 g/mol. The number of hydrogen-bond acceptors (Lipinski definition) is 0. The maximum atomic E-state index is 2.44. The van der Waals surface area contributed by atoms with E-state index >= 15 is 0 Å². The van der Waals surface area contributed by atoms with Crippen molar-refractivity contribution < 1.29 is 0 Å². The van der Waals surface area contributed by atoms with Crippen molar-refractivity contribution in [2.24, 2.45) is 23.7 Å². The highest BCUT2D eigenvalue weighted by atomic mass is 14.4. The van der Waals surface area contributed by atoms with Gasteiger partial charge in [0.15, 0.2) is 0 Å². The lowest BCUT2D eigenvalue weighted by atomic mass is 9.63. The van der Waals surface area contributed by atoms with Crippen molar-refractivity contribution in [1.29, 1.82) is 0 Å². The predicted molar refractivity (Wildman–Crippen MR) is 66.8 cm³/mol. The van der Waals surface area contributed by atoms with Gasteiger partial charge in [0.05, 0.1) is 0 Å². The van der Waals surface area contributed by atoms with Crippen LogP contribution in [0, 0.1) is 23.7 Å². The van der Waals surface area contributed by atoms with E-state index < -0.39 is 0 Å². The first-order chi connectivity index (χ1) is 7.09. The number of rotatable bonds is 1. The molecule has 3 atom stereocenters. The van der Waals surface area contributed by atoms with Crippen LogP contribution in [-0.2, 0) is 0 Å². The van der Waals surface area contributed by atoms with E-state index in [2.05, 4.69) is 27.7 Å². The summed E-state index contributed by atoms with van der Waals surface area (Å²) in [7, 11) is 0. The Morgan fingerprint density at radius 2 is 1.87 bits per heavy atom. The Balaban J connectivity index is 2.22. The van der Waals surface area contributed by atoms with E-state index in [1.807, 2.05) is 5.57 Å². The zero-order valence-corrected chi connectivity index (χ0v) is 10.8. The van der Waals surface area contributed by atoms with Gasteiger partial charge in [-0.25, -0.2) is 0 Å². The number of hydrogen-bond donors (Lipinski definition) is 0. The van der Waals surface area contributed by atoms with Crippen LogP contribution in [0.2, 0.25) is 0 Å². The second-order valence-electron chi connectivity index (χ2n) is 6.24. The first-order valence-corrected chi connectivity index (χ1v) is 6.78. The molecule has 1 fully saturated rings. The van der Waals surface area contributed by atoms with Crippen LogP contribution in [-0.4, -0.2) is 0 Å². The van der Waals surface area contributed by atoms with Crippen LogP contribution in [0.1, 0.15) is 59.8 Å². The molecule has 0 bridgehead atoms. The van der Waals surface area contributed by atoms with Crippen LogP contribution in [0.15, 0.2) is 11.1 Å². The molecule has 0 nitrogen and oxygen atoms in total. The minimum absolute atomic E-state index is 0.878. The molecule has 0 saturated heterocycles. The Hall–Kier alpha value is -0.260. The van der Waals surface area contributed by atoms with Crippen molar-refractivity contribution in [3.05, 3.63) is 11.1 Å². The Labute approximate surface area is 95.1 Å². The lowest BCUT2D eigenvalue weighted by Gasteiger charge is -2.42. The fraction of sp³-hybridized carbons (Fsp3) is 0.867. The van der Waals surface area contributed by atoms with E-state index in [1.165, 1.54) is 32.1 Å². The summed E-state index contributed by atoms with van der Waals surface area (Å²) in [6, 6.07) is 0. The molecule has 0 aromatic carbocycles. The molecule has 0 spiro atoms. The van der Waals surface area contributed by atoms with Gasteiger partial charge >= 0.3 is 0 Å². The molecule has 0 N–H and O–H groups in total. The van der Waals surface area contributed by atoms with Gasteiger partial charge in [0, 0.05) is 0 Å². The van der Waals surface area contributed by atoms with Crippen molar-refractivity contribution in [2.45, 2.75) is 59.8 Å². The van der Waals surface area contributed by atoms with E-state index in [-0.39, 0.29) is 0 Å². The van der Waals surface area contributed by atoms with E-state index in [0.717, 1.165) is 23.7 Å². The third kappa shape index (κ3) is 2.14. The summed E-state index contributed by atoms with van der Waals surface area (Å²) in [5.74, 6) is 3.77. The molecule has 0 aliphatic heterocycles. The van der Waals surface area contributed by atoms with Crippen molar-refractivity contribution in [2.75, 3.05) is 0 Å². The van der Waals surface area contributed by atoms with E-state index in [4.69, 9.17) is 0 Å². The fourth-order valence-electron chi connectivity index (χ4n) is 3.79. The largest absolute Gasteiger partial charge is 0.0738 e. The number of fused-ring (bicyclic) bond motifs is 1. The molecular formula is C15H26. The highest BCUT2D eigenvalue weighted by Crippen LogP contribution is 2.47. The first-order valence-electron chi connectivity index (χ1n) is 6.78. The highest BCUT2D eigenvalue weighted by molar-refractivity contribution is 5.22. The maximum Gasteiger partial charge on any atom is -0.0167 e. The van der Waals surface area contributed by atoms with Crippen LogP contribution in [0.3, 0.4) is 0 Å². The Morgan fingerprint density at radius 3 is 2.53 bits per heavy atom. The van der Waals surface area contributed by atoms with Gasteiger partial charge < -0.3 is 0 Å². The van der Waals surface area contributed by atoms with Gasteiger partial charge in [-0.05, 0) is 62.7 Å². The summed E-state index contributed by atoms with van der Waals surface area (Å²) in [5, 5.41) is 0. The van der Waals surface area contributed by atoms with Crippen LogP contribution in [0.4, 0.5) is 0 Å². The van der Waals surface area contributed by atoms with Crippen LogP contribution in [0.25, 0.3) is 0 Å². The average Bonchev–Trinajstić information content (AvgIpc) is 2.17. The van der Waals surface area contributed by atoms with E-state index in [0.29, 0.717) is 0 Å². The third-order valence-electron chi connectivity index (χ3n) is 4.78. The summed E-state index contributed by atoms with van der Waals surface area (Å²) in [6.45, 7) is 9.66. The molecule has 0 amide bonds. The van der Waals surface area contributed by atoms with Gasteiger partial charge in [-0.2, -0.15) is 0 Å². The quantitative estimate of drug-likeness (QED) is 0.540. The molecule has 2 rings (SSSR count). The SMILES string of the molecule is CC1=C2CCC(C)CC2C(C(C)C)CC1. The van der Waals surface area contributed by atoms with Crippen molar-refractivity contribution in [3.8, 4) is 0 Å². The van der Waals surface area contributed by atoms with Crippen molar-refractivity contribution in [3.63, 3.8) is 0 Å². The third-order valence-corrected chi connectivity index (χ3v) is 4.78. The molecule has 86 valence electrons. The molecule has 3 unspecified atom stereocenters. The van der Waals surface area contributed by atoms with Gasteiger partial charge in [0.25, 0.3) is 0 Å². The lowest BCUT2D eigenvalue weighted by molar-refractivity contribution is 0.189. The maximum absolute atomic E-state index is 2.44.